The van der Waals surface area contributed by atoms with E-state index in [2.05, 4.69) is 4.98 Å². The molecule has 0 unspecified atom stereocenters. The second-order valence-electron chi connectivity index (χ2n) is 2.52. The highest BCUT2D eigenvalue weighted by molar-refractivity contribution is 7.12. The smallest absolute Gasteiger partial charge is 0.305 e. The van der Waals surface area contributed by atoms with Gasteiger partial charge in [-0.1, -0.05) is 29.5 Å². The van der Waals surface area contributed by atoms with Crippen LogP contribution >= 0.6 is 11.3 Å². The number of aromatic amines is 1. The van der Waals surface area contributed by atoms with E-state index in [9.17, 15) is 9.18 Å². The van der Waals surface area contributed by atoms with Gasteiger partial charge in [-0.2, -0.15) is 0 Å². The first-order valence-corrected chi connectivity index (χ1v) is 4.52. The van der Waals surface area contributed by atoms with Crippen LogP contribution in [0.25, 0.3) is 10.4 Å². The van der Waals surface area contributed by atoms with E-state index in [1.807, 2.05) is 0 Å². The minimum Gasteiger partial charge on any atom is -0.319 e. The van der Waals surface area contributed by atoms with Crippen molar-refractivity contribution in [1.82, 2.24) is 4.98 Å². The van der Waals surface area contributed by atoms with Crippen LogP contribution in [0.15, 0.2) is 35.3 Å². The Morgan fingerprint density at radius 2 is 2.08 bits per heavy atom. The lowest BCUT2D eigenvalue weighted by molar-refractivity contribution is 0.631. The molecule has 4 heteroatoms. The van der Waals surface area contributed by atoms with Gasteiger partial charge in [0.05, 0.1) is 4.88 Å². The Morgan fingerprint density at radius 1 is 1.31 bits per heavy atom. The van der Waals surface area contributed by atoms with Crippen molar-refractivity contribution >= 4 is 11.3 Å². The Kier molecular flexibility index (Phi) is 1.98. The molecule has 2 nitrogen and oxygen atoms in total. The zero-order valence-corrected chi connectivity index (χ0v) is 7.40. The van der Waals surface area contributed by atoms with Gasteiger partial charge in [0.15, 0.2) is 0 Å². The van der Waals surface area contributed by atoms with E-state index in [0.29, 0.717) is 10.4 Å². The van der Waals surface area contributed by atoms with Crippen molar-refractivity contribution in [3.63, 3.8) is 0 Å². The topological polar surface area (TPSA) is 32.9 Å². The number of rotatable bonds is 1. The molecule has 0 aliphatic rings. The summed E-state index contributed by atoms with van der Waals surface area (Å²) in [6.07, 6.45) is 1.52. The number of hydrogen-bond donors (Lipinski definition) is 1. The monoisotopic (exact) mass is 195 g/mol. The number of H-pyrrole nitrogens is 1. The summed E-state index contributed by atoms with van der Waals surface area (Å²) in [5.74, 6) is -0.308. The molecule has 0 saturated carbocycles. The maximum atomic E-state index is 13.2. The van der Waals surface area contributed by atoms with Crippen LogP contribution in [-0.4, -0.2) is 4.98 Å². The van der Waals surface area contributed by atoms with Gasteiger partial charge in [0, 0.05) is 11.8 Å². The normalized spacial score (nSPS) is 10.2. The fourth-order valence-electron chi connectivity index (χ4n) is 1.08. The van der Waals surface area contributed by atoms with Gasteiger partial charge in [-0.25, -0.2) is 4.39 Å². The molecule has 1 aromatic carbocycles. The minimum absolute atomic E-state index is 0.168. The molecule has 0 bridgehead atoms. The second-order valence-corrected chi connectivity index (χ2v) is 3.54. The number of nitrogens with one attached hydrogen (secondary N) is 1. The van der Waals surface area contributed by atoms with Crippen molar-refractivity contribution in [2.75, 3.05) is 0 Å². The minimum atomic E-state index is -0.308. The second kappa shape index (κ2) is 3.14. The van der Waals surface area contributed by atoms with Crippen LogP contribution in [0.3, 0.4) is 0 Å². The SMILES string of the molecule is O=c1[nH]cc(-c2ccccc2F)s1. The fraction of sp³-hybridized carbons (Fsp3) is 0. The molecule has 2 aromatic rings. The van der Waals surface area contributed by atoms with Gasteiger partial charge in [0.2, 0.25) is 0 Å². The molecule has 13 heavy (non-hydrogen) atoms. The summed E-state index contributed by atoms with van der Waals surface area (Å²) in [6.45, 7) is 0. The van der Waals surface area contributed by atoms with Crippen molar-refractivity contribution in [1.29, 1.82) is 0 Å². The third kappa shape index (κ3) is 1.53. The first-order valence-electron chi connectivity index (χ1n) is 3.71. The molecule has 1 heterocycles. The van der Waals surface area contributed by atoms with E-state index in [1.165, 1.54) is 12.3 Å². The summed E-state index contributed by atoms with van der Waals surface area (Å²) in [4.78, 5) is 13.8. The summed E-state index contributed by atoms with van der Waals surface area (Å²) >= 11 is 1.00. The number of benzene rings is 1. The molecular formula is C9H6FNOS. The Hall–Kier alpha value is -1.42. The maximum Gasteiger partial charge on any atom is 0.305 e. The van der Waals surface area contributed by atoms with E-state index in [0.717, 1.165) is 11.3 Å². The van der Waals surface area contributed by atoms with Crippen LogP contribution in [0, 0.1) is 5.82 Å². The van der Waals surface area contributed by atoms with Crippen LogP contribution in [0.5, 0.6) is 0 Å². The van der Waals surface area contributed by atoms with Crippen LogP contribution < -0.4 is 4.87 Å². The number of halogens is 1. The lowest BCUT2D eigenvalue weighted by atomic mass is 10.2. The van der Waals surface area contributed by atoms with Crippen LogP contribution in [0.2, 0.25) is 0 Å². The number of thiazole rings is 1. The standard InChI is InChI=1S/C9H6FNOS/c10-7-4-2-1-3-6(7)8-5-11-9(12)13-8/h1-5H,(H,11,12). The van der Waals surface area contributed by atoms with Gasteiger partial charge in [-0.3, -0.25) is 4.79 Å². The first kappa shape index (κ1) is 8.19. The predicted octanol–water partition coefficient (Wildman–Crippen LogP) is 2.24. The molecule has 1 aromatic heterocycles. The molecule has 0 amide bonds. The molecule has 0 aliphatic heterocycles. The van der Waals surface area contributed by atoms with Gasteiger partial charge < -0.3 is 4.98 Å². The molecule has 0 spiro atoms. The summed E-state index contributed by atoms with van der Waals surface area (Å²) in [6, 6.07) is 6.38. The van der Waals surface area contributed by atoms with Gasteiger partial charge in [0.1, 0.15) is 5.82 Å². The Labute approximate surface area is 77.7 Å². The Balaban J connectivity index is 2.58. The Morgan fingerprint density at radius 3 is 2.69 bits per heavy atom. The molecule has 0 fully saturated rings. The Bertz CT molecular complexity index is 474. The average Bonchev–Trinajstić information content (AvgIpc) is 2.53. The third-order valence-corrected chi connectivity index (χ3v) is 2.52. The number of aromatic nitrogens is 1. The molecule has 0 aliphatic carbocycles. The molecule has 0 radical (unpaired) electrons. The van der Waals surface area contributed by atoms with E-state index in [1.54, 1.807) is 18.2 Å². The van der Waals surface area contributed by atoms with Crippen molar-refractivity contribution in [2.45, 2.75) is 0 Å². The highest BCUT2D eigenvalue weighted by Crippen LogP contribution is 2.23. The quantitative estimate of drug-likeness (QED) is 0.743. The largest absolute Gasteiger partial charge is 0.319 e. The van der Waals surface area contributed by atoms with Crippen molar-refractivity contribution in [3.05, 3.63) is 45.9 Å². The van der Waals surface area contributed by atoms with Crippen LogP contribution in [-0.2, 0) is 0 Å². The maximum absolute atomic E-state index is 13.2. The van der Waals surface area contributed by atoms with Crippen molar-refractivity contribution in [2.24, 2.45) is 0 Å². The fourth-order valence-corrected chi connectivity index (χ4v) is 1.79. The number of hydrogen-bond acceptors (Lipinski definition) is 2. The first-order chi connectivity index (χ1) is 6.27. The third-order valence-electron chi connectivity index (χ3n) is 1.66. The van der Waals surface area contributed by atoms with E-state index >= 15 is 0 Å². The predicted molar refractivity (Wildman–Crippen MR) is 50.3 cm³/mol. The molecule has 66 valence electrons. The molecular weight excluding hydrogens is 189 g/mol. The summed E-state index contributed by atoms with van der Waals surface area (Å²) in [7, 11) is 0. The van der Waals surface area contributed by atoms with Crippen molar-refractivity contribution in [3.8, 4) is 10.4 Å². The molecule has 1 N–H and O–H groups in total. The van der Waals surface area contributed by atoms with Crippen LogP contribution in [0.4, 0.5) is 4.39 Å². The van der Waals surface area contributed by atoms with Gasteiger partial charge >= 0.3 is 4.87 Å². The summed E-state index contributed by atoms with van der Waals surface area (Å²) in [5.41, 5.74) is 0.464. The zero-order valence-electron chi connectivity index (χ0n) is 6.58. The highest BCUT2D eigenvalue weighted by Gasteiger charge is 2.05. The van der Waals surface area contributed by atoms with Gasteiger partial charge in [-0.05, 0) is 6.07 Å². The summed E-state index contributed by atoms with van der Waals surface area (Å²) < 4.78 is 13.2. The van der Waals surface area contributed by atoms with Crippen molar-refractivity contribution < 1.29 is 4.39 Å². The molecule has 0 atom stereocenters. The summed E-state index contributed by atoms with van der Waals surface area (Å²) in [5, 5.41) is 0. The lowest BCUT2D eigenvalue weighted by Crippen LogP contribution is -1.88. The highest BCUT2D eigenvalue weighted by atomic mass is 32.1. The molecule has 2 rings (SSSR count). The zero-order chi connectivity index (χ0) is 9.26. The van der Waals surface area contributed by atoms with E-state index in [-0.39, 0.29) is 10.7 Å². The van der Waals surface area contributed by atoms with E-state index in [4.69, 9.17) is 0 Å². The average molecular weight is 195 g/mol. The van der Waals surface area contributed by atoms with Gasteiger partial charge in [0.25, 0.3) is 0 Å². The molecule has 0 saturated heterocycles. The van der Waals surface area contributed by atoms with E-state index < -0.39 is 0 Å². The van der Waals surface area contributed by atoms with Gasteiger partial charge in [-0.15, -0.1) is 0 Å². The van der Waals surface area contributed by atoms with Crippen LogP contribution in [0.1, 0.15) is 0 Å². The lowest BCUT2D eigenvalue weighted by Gasteiger charge is -1.96.